The van der Waals surface area contributed by atoms with Gasteiger partial charge in [-0.25, -0.2) is 9.78 Å². The molecule has 2 aromatic rings. The van der Waals surface area contributed by atoms with Crippen molar-refractivity contribution in [2.45, 2.75) is 70.2 Å². The molecule has 2 heterocycles. The highest BCUT2D eigenvalue weighted by Gasteiger charge is 2.25. The Morgan fingerprint density at radius 2 is 2.07 bits per heavy atom. The van der Waals surface area contributed by atoms with E-state index in [9.17, 15) is 4.79 Å². The average molecular weight is 440 g/mol. The minimum atomic E-state index is -1.13. The van der Waals surface area contributed by atoms with Crippen LogP contribution in [0.25, 0.3) is 11.0 Å². The molecule has 9 heteroatoms. The van der Waals surface area contributed by atoms with E-state index in [-0.39, 0.29) is 12.1 Å². The Hall–Kier alpha value is -1.77. The Balaban J connectivity index is 1.64. The molecule has 7 nitrogen and oxygen atoms in total. The lowest BCUT2D eigenvalue weighted by Crippen LogP contribution is -2.38. The number of rotatable bonds is 8. The van der Waals surface area contributed by atoms with Crippen LogP contribution in [-0.2, 0) is 11.5 Å². The zero-order valence-electron chi connectivity index (χ0n) is 17.3. The summed E-state index contributed by atoms with van der Waals surface area (Å²) in [6, 6.07) is 2.95. The first kappa shape index (κ1) is 21.9. The van der Waals surface area contributed by atoms with Crippen LogP contribution in [0.2, 0.25) is 30.7 Å². The first-order valence-corrected chi connectivity index (χ1v) is 14.2. The van der Waals surface area contributed by atoms with E-state index in [4.69, 9.17) is 26.2 Å². The third-order valence-corrected chi connectivity index (χ3v) is 7.19. The third-order valence-electron chi connectivity index (χ3n) is 5.20. The first-order valence-electron chi connectivity index (χ1n) is 10.1. The fraction of sp³-hybridized carbons (Fsp3) is 0.600. The molecule has 0 aromatic carbocycles. The smallest absolute Gasteiger partial charge is 0.404 e. The Bertz CT molecular complexity index is 844. The molecule has 1 aliphatic rings. The molecular weight excluding hydrogens is 410 g/mol. The van der Waals surface area contributed by atoms with Crippen molar-refractivity contribution in [3.8, 4) is 5.75 Å². The summed E-state index contributed by atoms with van der Waals surface area (Å²) in [5, 5.41) is 12.8. The van der Waals surface area contributed by atoms with Crippen LogP contribution in [0.5, 0.6) is 5.75 Å². The number of fused-ring (bicyclic) bond motifs is 1. The highest BCUT2D eigenvalue weighted by Crippen LogP contribution is 2.35. The number of nitrogens with one attached hydrogen (secondary N) is 1. The van der Waals surface area contributed by atoms with Gasteiger partial charge in [-0.05, 0) is 37.8 Å². The van der Waals surface area contributed by atoms with Crippen LogP contribution in [0.1, 0.15) is 25.7 Å². The zero-order chi connectivity index (χ0) is 21.0. The number of halogens is 1. The van der Waals surface area contributed by atoms with E-state index in [1.54, 1.807) is 6.20 Å². The summed E-state index contributed by atoms with van der Waals surface area (Å²) < 4.78 is 14.0. The van der Waals surface area contributed by atoms with E-state index >= 15 is 0 Å². The van der Waals surface area contributed by atoms with E-state index in [0.29, 0.717) is 11.8 Å². The molecule has 2 N–H and O–H groups in total. The number of ether oxygens (including phenoxy) is 2. The zero-order valence-corrected chi connectivity index (χ0v) is 19.0. The van der Waals surface area contributed by atoms with Crippen LogP contribution in [0, 0.1) is 0 Å². The number of amides is 1. The summed E-state index contributed by atoms with van der Waals surface area (Å²) in [6.45, 7) is 8.13. The third kappa shape index (κ3) is 6.10. The van der Waals surface area contributed by atoms with Crippen molar-refractivity contribution < 1.29 is 19.4 Å². The Labute approximate surface area is 177 Å². The van der Waals surface area contributed by atoms with E-state index < -0.39 is 14.2 Å². The van der Waals surface area contributed by atoms with E-state index in [2.05, 4.69) is 29.9 Å². The quantitative estimate of drug-likeness (QED) is 0.448. The summed E-state index contributed by atoms with van der Waals surface area (Å²) in [4.78, 5) is 15.3. The molecule has 160 valence electrons. The van der Waals surface area contributed by atoms with Gasteiger partial charge in [0.2, 0.25) is 0 Å². The topological polar surface area (TPSA) is 85.6 Å². The summed E-state index contributed by atoms with van der Waals surface area (Å²) in [5.41, 5.74) is 0.752. The molecule has 0 aliphatic heterocycles. The second kappa shape index (κ2) is 9.36. The fourth-order valence-electron chi connectivity index (χ4n) is 3.56. The van der Waals surface area contributed by atoms with Gasteiger partial charge >= 0.3 is 6.09 Å². The number of nitrogens with zero attached hydrogens (tertiary/aromatic N) is 2. The Morgan fingerprint density at radius 1 is 1.34 bits per heavy atom. The van der Waals surface area contributed by atoms with Crippen LogP contribution in [0.15, 0.2) is 18.5 Å². The monoisotopic (exact) mass is 439 g/mol. The van der Waals surface area contributed by atoms with Crippen LogP contribution in [-0.4, -0.2) is 47.6 Å². The summed E-state index contributed by atoms with van der Waals surface area (Å²) >= 11 is 6.50. The molecule has 29 heavy (non-hydrogen) atoms. The summed E-state index contributed by atoms with van der Waals surface area (Å²) in [7, 11) is -1.13. The molecule has 0 saturated heterocycles. The van der Waals surface area contributed by atoms with Gasteiger partial charge in [0.1, 0.15) is 18.1 Å². The molecule has 0 unspecified atom stereocenters. The largest absolute Gasteiger partial charge is 0.490 e. The van der Waals surface area contributed by atoms with Gasteiger partial charge in [0.15, 0.2) is 0 Å². The number of aromatic nitrogens is 2. The first-order chi connectivity index (χ1) is 13.7. The predicted octanol–water partition coefficient (Wildman–Crippen LogP) is 4.96. The van der Waals surface area contributed by atoms with Gasteiger partial charge in [0.25, 0.3) is 0 Å². The van der Waals surface area contributed by atoms with Crippen LogP contribution < -0.4 is 10.1 Å². The van der Waals surface area contributed by atoms with Crippen molar-refractivity contribution in [1.82, 2.24) is 14.9 Å². The van der Waals surface area contributed by atoms with Crippen molar-refractivity contribution in [3.63, 3.8) is 0 Å². The van der Waals surface area contributed by atoms with Crippen LogP contribution >= 0.6 is 11.6 Å². The standard InChI is InChI=1S/C20H30ClN3O4Si/c1-29(2,3)11-10-27-13-24-12-16(21)18-17(8-9-22-19(18)24)28-15-6-4-14(5-7-15)23-20(25)26/h8-9,12,14-15,23H,4-7,10-11,13H2,1-3H3,(H,25,26). The molecule has 0 atom stereocenters. The van der Waals surface area contributed by atoms with Gasteiger partial charge in [0, 0.05) is 33.1 Å². The molecule has 1 saturated carbocycles. The van der Waals surface area contributed by atoms with Gasteiger partial charge in [-0.3, -0.25) is 0 Å². The number of hydrogen-bond donors (Lipinski definition) is 2. The Kier molecular flexibility index (Phi) is 7.08. The number of hydrogen-bond acceptors (Lipinski definition) is 4. The van der Waals surface area contributed by atoms with E-state index in [1.165, 1.54) is 0 Å². The van der Waals surface area contributed by atoms with Crippen molar-refractivity contribution >= 4 is 36.8 Å². The number of carboxylic acid groups (broad SMARTS) is 1. The molecule has 1 fully saturated rings. The van der Waals surface area contributed by atoms with Crippen molar-refractivity contribution in [1.29, 1.82) is 0 Å². The molecule has 3 rings (SSSR count). The van der Waals surface area contributed by atoms with E-state index in [0.717, 1.165) is 55.1 Å². The molecule has 2 aromatic heterocycles. The summed E-state index contributed by atoms with van der Waals surface area (Å²) in [5.74, 6) is 0.718. The van der Waals surface area contributed by atoms with E-state index in [1.807, 2.05) is 16.8 Å². The van der Waals surface area contributed by atoms with Crippen molar-refractivity contribution in [2.24, 2.45) is 0 Å². The van der Waals surface area contributed by atoms with Crippen LogP contribution in [0.4, 0.5) is 4.79 Å². The minimum Gasteiger partial charge on any atom is -0.490 e. The van der Waals surface area contributed by atoms with Gasteiger partial charge in [-0.1, -0.05) is 31.2 Å². The molecule has 1 aliphatic carbocycles. The maximum atomic E-state index is 10.8. The summed E-state index contributed by atoms with van der Waals surface area (Å²) in [6.07, 6.45) is 5.78. The molecule has 0 spiro atoms. The van der Waals surface area contributed by atoms with Crippen LogP contribution in [0.3, 0.4) is 0 Å². The van der Waals surface area contributed by atoms with Gasteiger partial charge in [-0.2, -0.15) is 0 Å². The van der Waals surface area contributed by atoms with Gasteiger partial charge in [0.05, 0.1) is 16.5 Å². The van der Waals surface area contributed by atoms with Gasteiger partial charge in [-0.15, -0.1) is 0 Å². The second-order valence-electron chi connectivity index (χ2n) is 8.84. The fourth-order valence-corrected chi connectivity index (χ4v) is 4.61. The average Bonchev–Trinajstić information content (AvgIpc) is 2.96. The van der Waals surface area contributed by atoms with Gasteiger partial charge < -0.3 is 24.5 Å². The van der Waals surface area contributed by atoms with Crippen molar-refractivity contribution in [2.75, 3.05) is 6.61 Å². The predicted molar refractivity (Wildman–Crippen MR) is 117 cm³/mol. The molecule has 0 radical (unpaired) electrons. The SMILES string of the molecule is C[Si](C)(C)CCOCn1cc(Cl)c2c(OC3CCC(NC(=O)O)CC3)ccnc21. The molecule has 0 bridgehead atoms. The second-order valence-corrected chi connectivity index (χ2v) is 14.9. The maximum absolute atomic E-state index is 10.8. The Morgan fingerprint density at radius 3 is 2.72 bits per heavy atom. The molecule has 1 amide bonds. The minimum absolute atomic E-state index is 0.00258. The molecular formula is C20H30ClN3O4Si. The lowest BCUT2D eigenvalue weighted by Gasteiger charge is -2.29. The highest BCUT2D eigenvalue weighted by molar-refractivity contribution is 6.76. The lowest BCUT2D eigenvalue weighted by atomic mass is 9.93. The number of pyridine rings is 1. The maximum Gasteiger partial charge on any atom is 0.404 e. The lowest BCUT2D eigenvalue weighted by molar-refractivity contribution is 0.0898. The highest BCUT2D eigenvalue weighted by atomic mass is 35.5. The normalized spacial score (nSPS) is 20.0. The van der Waals surface area contributed by atoms with Crippen molar-refractivity contribution in [3.05, 3.63) is 23.5 Å². The number of carbonyl (C=O) groups is 1.